The molecule has 1 heterocycles. The highest BCUT2D eigenvalue weighted by atomic mass is 16.1. The molecule has 2 aliphatic rings. The number of nitrogens with zero attached hydrogens (tertiary/aromatic N) is 1. The summed E-state index contributed by atoms with van der Waals surface area (Å²) >= 11 is 0. The van der Waals surface area contributed by atoms with E-state index in [0.717, 1.165) is 13.0 Å². The number of piperidine rings is 1. The first-order valence-electron chi connectivity index (χ1n) is 6.84. The van der Waals surface area contributed by atoms with Crippen molar-refractivity contribution in [3.63, 3.8) is 0 Å². The van der Waals surface area contributed by atoms with Crippen LogP contribution in [0, 0.1) is 5.92 Å². The van der Waals surface area contributed by atoms with Gasteiger partial charge in [0.2, 0.25) is 0 Å². The lowest BCUT2D eigenvalue weighted by molar-refractivity contribution is -0.131. The molecule has 0 aromatic rings. The van der Waals surface area contributed by atoms with Crippen molar-refractivity contribution in [2.75, 3.05) is 6.54 Å². The van der Waals surface area contributed by atoms with Crippen molar-refractivity contribution in [3.05, 3.63) is 0 Å². The quantitative estimate of drug-likeness (QED) is 0.681. The van der Waals surface area contributed by atoms with E-state index in [1.165, 1.54) is 32.1 Å². The Hall–Kier alpha value is -0.370. The van der Waals surface area contributed by atoms with E-state index in [-0.39, 0.29) is 5.92 Å². The van der Waals surface area contributed by atoms with E-state index in [4.69, 9.17) is 0 Å². The maximum Gasteiger partial charge on any atom is 0.138 e. The summed E-state index contributed by atoms with van der Waals surface area (Å²) in [5.74, 6) is 0.690. The number of carbonyl (C=O) groups is 1. The van der Waals surface area contributed by atoms with Crippen LogP contribution >= 0.6 is 0 Å². The maximum atomic E-state index is 11.7. The molecular formula is C14H25NO. The van der Waals surface area contributed by atoms with Crippen molar-refractivity contribution >= 4 is 5.78 Å². The van der Waals surface area contributed by atoms with Gasteiger partial charge < -0.3 is 0 Å². The standard InChI is InChI=1S/C14H25NO/c1-11-12(2)15(10-7-13(11)16)14(3)8-5-4-6-9-14/h11-12H,4-10H2,1-3H3. The van der Waals surface area contributed by atoms with Crippen LogP contribution in [0.3, 0.4) is 0 Å². The first-order valence-corrected chi connectivity index (χ1v) is 6.84. The van der Waals surface area contributed by atoms with E-state index in [9.17, 15) is 4.79 Å². The first kappa shape index (κ1) is 12.1. The van der Waals surface area contributed by atoms with Gasteiger partial charge in [-0.15, -0.1) is 0 Å². The molecule has 1 saturated heterocycles. The summed E-state index contributed by atoms with van der Waals surface area (Å²) in [7, 11) is 0. The van der Waals surface area contributed by atoms with Gasteiger partial charge in [0.05, 0.1) is 0 Å². The van der Waals surface area contributed by atoms with Crippen LogP contribution in [-0.4, -0.2) is 28.8 Å². The predicted molar refractivity (Wildman–Crippen MR) is 66.4 cm³/mol. The molecule has 2 atom stereocenters. The number of rotatable bonds is 1. The summed E-state index contributed by atoms with van der Waals surface area (Å²) in [6, 6.07) is 0.435. The molecular weight excluding hydrogens is 198 g/mol. The number of likely N-dealkylation sites (tertiary alicyclic amines) is 1. The highest BCUT2D eigenvalue weighted by Gasteiger charge is 2.41. The van der Waals surface area contributed by atoms with Crippen molar-refractivity contribution in [1.29, 1.82) is 0 Å². The molecule has 2 unspecified atom stereocenters. The molecule has 16 heavy (non-hydrogen) atoms. The molecule has 0 spiro atoms. The third-order valence-electron chi connectivity index (χ3n) is 4.95. The van der Waals surface area contributed by atoms with Gasteiger partial charge in [0.15, 0.2) is 0 Å². The lowest BCUT2D eigenvalue weighted by Crippen LogP contribution is -2.58. The van der Waals surface area contributed by atoms with Gasteiger partial charge in [-0.05, 0) is 26.7 Å². The normalized spacial score (nSPS) is 36.3. The zero-order valence-corrected chi connectivity index (χ0v) is 11.0. The maximum absolute atomic E-state index is 11.7. The summed E-state index contributed by atoms with van der Waals surface area (Å²) in [6.07, 6.45) is 7.52. The summed E-state index contributed by atoms with van der Waals surface area (Å²) < 4.78 is 0. The Morgan fingerprint density at radius 2 is 1.81 bits per heavy atom. The zero-order valence-electron chi connectivity index (χ0n) is 11.0. The van der Waals surface area contributed by atoms with Crippen LogP contribution in [0.15, 0.2) is 0 Å². The Kier molecular flexibility index (Phi) is 3.39. The Balaban J connectivity index is 2.11. The van der Waals surface area contributed by atoms with E-state index in [1.807, 2.05) is 0 Å². The van der Waals surface area contributed by atoms with Crippen LogP contribution in [0.1, 0.15) is 59.3 Å². The van der Waals surface area contributed by atoms with E-state index in [0.29, 0.717) is 17.4 Å². The van der Waals surface area contributed by atoms with Gasteiger partial charge in [-0.3, -0.25) is 9.69 Å². The topological polar surface area (TPSA) is 20.3 Å². The minimum Gasteiger partial charge on any atom is -0.299 e. The van der Waals surface area contributed by atoms with E-state index in [1.54, 1.807) is 0 Å². The molecule has 92 valence electrons. The number of hydrogen-bond acceptors (Lipinski definition) is 2. The second-order valence-corrected chi connectivity index (χ2v) is 6.00. The van der Waals surface area contributed by atoms with Gasteiger partial charge in [0, 0.05) is 30.5 Å². The molecule has 0 bridgehead atoms. The van der Waals surface area contributed by atoms with Crippen LogP contribution in [0.2, 0.25) is 0 Å². The van der Waals surface area contributed by atoms with Crippen LogP contribution < -0.4 is 0 Å². The van der Waals surface area contributed by atoms with Crippen molar-refractivity contribution in [1.82, 2.24) is 4.90 Å². The summed E-state index contributed by atoms with van der Waals surface area (Å²) in [6.45, 7) is 7.74. The Bertz CT molecular complexity index is 268. The molecule has 2 heteroatoms. The lowest BCUT2D eigenvalue weighted by atomic mass is 9.78. The minimum atomic E-state index is 0.229. The van der Waals surface area contributed by atoms with Crippen LogP contribution in [-0.2, 0) is 4.79 Å². The number of Topliss-reactive ketones (excluding diaryl/α,β-unsaturated/α-hetero) is 1. The molecule has 2 fully saturated rings. The van der Waals surface area contributed by atoms with Crippen LogP contribution in [0.4, 0.5) is 0 Å². The first-order chi connectivity index (χ1) is 7.54. The average molecular weight is 223 g/mol. The fourth-order valence-electron chi connectivity index (χ4n) is 3.56. The average Bonchev–Trinajstić information content (AvgIpc) is 2.27. The number of ketones is 1. The molecule has 2 nitrogen and oxygen atoms in total. The highest BCUT2D eigenvalue weighted by molar-refractivity contribution is 5.82. The van der Waals surface area contributed by atoms with E-state index in [2.05, 4.69) is 25.7 Å². The van der Waals surface area contributed by atoms with Gasteiger partial charge in [0.25, 0.3) is 0 Å². The number of hydrogen-bond donors (Lipinski definition) is 0. The fourth-order valence-corrected chi connectivity index (χ4v) is 3.56. The summed E-state index contributed by atoms with van der Waals surface area (Å²) in [4.78, 5) is 14.3. The van der Waals surface area contributed by atoms with Crippen molar-refractivity contribution in [2.24, 2.45) is 5.92 Å². The van der Waals surface area contributed by atoms with Crippen molar-refractivity contribution < 1.29 is 4.79 Å². The van der Waals surface area contributed by atoms with Gasteiger partial charge in [0.1, 0.15) is 5.78 Å². The molecule has 0 N–H and O–H groups in total. The molecule has 2 rings (SSSR count). The lowest BCUT2D eigenvalue weighted by Gasteiger charge is -2.50. The molecule has 0 aromatic carbocycles. The van der Waals surface area contributed by atoms with Crippen molar-refractivity contribution in [3.8, 4) is 0 Å². The Labute approximate surface area is 99.4 Å². The Morgan fingerprint density at radius 3 is 2.44 bits per heavy atom. The largest absolute Gasteiger partial charge is 0.299 e. The van der Waals surface area contributed by atoms with Gasteiger partial charge in [-0.2, -0.15) is 0 Å². The number of carbonyl (C=O) groups excluding carboxylic acids is 1. The zero-order chi connectivity index (χ0) is 11.8. The van der Waals surface area contributed by atoms with Gasteiger partial charge >= 0.3 is 0 Å². The predicted octanol–water partition coefficient (Wildman–Crippen LogP) is 3.01. The van der Waals surface area contributed by atoms with Gasteiger partial charge in [-0.1, -0.05) is 26.2 Å². The monoisotopic (exact) mass is 223 g/mol. The third-order valence-corrected chi connectivity index (χ3v) is 4.95. The molecule has 1 aliphatic carbocycles. The third kappa shape index (κ3) is 2.04. The SMILES string of the molecule is CC1C(=O)CCN(C2(C)CCCCC2)C1C. The fraction of sp³-hybridized carbons (Fsp3) is 0.929. The second-order valence-electron chi connectivity index (χ2n) is 6.00. The minimum absolute atomic E-state index is 0.229. The molecule has 0 amide bonds. The molecule has 0 radical (unpaired) electrons. The second kappa shape index (κ2) is 4.48. The van der Waals surface area contributed by atoms with E-state index < -0.39 is 0 Å². The van der Waals surface area contributed by atoms with E-state index >= 15 is 0 Å². The smallest absolute Gasteiger partial charge is 0.138 e. The van der Waals surface area contributed by atoms with Crippen LogP contribution in [0.25, 0.3) is 0 Å². The van der Waals surface area contributed by atoms with Crippen molar-refractivity contribution in [2.45, 2.75) is 70.9 Å². The highest BCUT2D eigenvalue weighted by Crippen LogP contribution is 2.37. The molecule has 1 aliphatic heterocycles. The molecule has 0 aromatic heterocycles. The van der Waals surface area contributed by atoms with Gasteiger partial charge in [-0.25, -0.2) is 0 Å². The molecule has 1 saturated carbocycles. The Morgan fingerprint density at radius 1 is 1.19 bits per heavy atom. The summed E-state index contributed by atoms with van der Waals surface area (Å²) in [5.41, 5.74) is 0.368. The summed E-state index contributed by atoms with van der Waals surface area (Å²) in [5, 5.41) is 0. The van der Waals surface area contributed by atoms with Crippen LogP contribution in [0.5, 0.6) is 0 Å².